The Kier molecular flexibility index (Phi) is 3.43. The Labute approximate surface area is 86.9 Å². The normalized spacial score (nSPS) is 12.1. The van der Waals surface area contributed by atoms with E-state index in [-0.39, 0.29) is 0 Å². The summed E-state index contributed by atoms with van der Waals surface area (Å²) < 4.78 is 1.60. The van der Waals surface area contributed by atoms with Crippen LogP contribution in [-0.4, -0.2) is 32.8 Å². The van der Waals surface area contributed by atoms with Gasteiger partial charge in [-0.1, -0.05) is 0 Å². The van der Waals surface area contributed by atoms with Gasteiger partial charge in [0.05, 0.1) is 11.8 Å². The van der Waals surface area contributed by atoms with Crippen molar-refractivity contribution in [2.45, 2.75) is 26.4 Å². The van der Waals surface area contributed by atoms with E-state index in [2.05, 4.69) is 10.4 Å². The molecule has 1 aromatic heterocycles. The first-order chi connectivity index (χ1) is 7.04. The van der Waals surface area contributed by atoms with Crippen molar-refractivity contribution < 1.29 is 14.7 Å². The summed E-state index contributed by atoms with van der Waals surface area (Å²) in [7, 11) is 0. The molecule has 1 heterocycles. The largest absolute Gasteiger partial charge is 0.480 e. The van der Waals surface area contributed by atoms with Gasteiger partial charge in [-0.15, -0.1) is 0 Å². The Morgan fingerprint density at radius 2 is 2.33 bits per heavy atom. The van der Waals surface area contributed by atoms with Gasteiger partial charge in [0.1, 0.15) is 6.04 Å². The summed E-state index contributed by atoms with van der Waals surface area (Å²) in [6, 6.07) is -0.900. The predicted octanol–water partition coefficient (Wildman–Crippen LogP) is 0.106. The molecule has 0 aliphatic rings. The molecular weight excluding hydrogens is 198 g/mol. The molecule has 0 aromatic carbocycles. The third kappa shape index (κ3) is 2.80. The molecule has 0 saturated carbocycles. The van der Waals surface area contributed by atoms with Gasteiger partial charge in [0, 0.05) is 12.7 Å². The summed E-state index contributed by atoms with van der Waals surface area (Å²) in [6.07, 6.45) is 2.98. The van der Waals surface area contributed by atoms with Crippen molar-refractivity contribution in [2.24, 2.45) is 0 Å². The molecule has 1 aromatic rings. The van der Waals surface area contributed by atoms with Crippen molar-refractivity contribution in [1.29, 1.82) is 0 Å². The molecule has 0 saturated heterocycles. The number of carboxylic acid groups (broad SMARTS) is 1. The topological polar surface area (TPSA) is 84.2 Å². The first kappa shape index (κ1) is 11.2. The lowest BCUT2D eigenvalue weighted by atomic mass is 10.3. The number of carbonyl (C=O) groups excluding carboxylic acids is 1. The smallest absolute Gasteiger partial charge is 0.325 e. The molecule has 6 heteroatoms. The van der Waals surface area contributed by atoms with Gasteiger partial charge in [0.15, 0.2) is 0 Å². The summed E-state index contributed by atoms with van der Waals surface area (Å²) >= 11 is 0. The Morgan fingerprint density at radius 1 is 1.67 bits per heavy atom. The van der Waals surface area contributed by atoms with E-state index in [0.717, 1.165) is 0 Å². The van der Waals surface area contributed by atoms with Crippen molar-refractivity contribution in [1.82, 2.24) is 15.1 Å². The molecule has 0 fully saturated rings. The van der Waals surface area contributed by atoms with Crippen LogP contribution in [-0.2, 0) is 11.3 Å². The minimum absolute atomic E-state index is 0.366. The molecule has 0 bridgehead atoms. The number of hydrogen-bond donors (Lipinski definition) is 2. The molecule has 82 valence electrons. The van der Waals surface area contributed by atoms with Gasteiger partial charge in [-0.3, -0.25) is 14.3 Å². The lowest BCUT2D eigenvalue weighted by Gasteiger charge is -2.07. The highest BCUT2D eigenvalue weighted by molar-refractivity contribution is 5.96. The van der Waals surface area contributed by atoms with Crippen LogP contribution in [0.25, 0.3) is 0 Å². The van der Waals surface area contributed by atoms with Gasteiger partial charge in [-0.05, 0) is 13.8 Å². The van der Waals surface area contributed by atoms with E-state index in [4.69, 9.17) is 5.11 Å². The van der Waals surface area contributed by atoms with Crippen molar-refractivity contribution in [3.8, 4) is 0 Å². The Morgan fingerprint density at radius 3 is 2.80 bits per heavy atom. The van der Waals surface area contributed by atoms with E-state index in [1.54, 1.807) is 10.9 Å². The third-order valence-electron chi connectivity index (χ3n) is 1.94. The van der Waals surface area contributed by atoms with Crippen molar-refractivity contribution in [2.75, 3.05) is 0 Å². The van der Waals surface area contributed by atoms with E-state index < -0.39 is 17.9 Å². The lowest BCUT2D eigenvalue weighted by molar-refractivity contribution is -0.138. The summed E-state index contributed by atoms with van der Waals surface area (Å²) in [5, 5.41) is 14.9. The van der Waals surface area contributed by atoms with E-state index in [1.165, 1.54) is 13.1 Å². The van der Waals surface area contributed by atoms with E-state index >= 15 is 0 Å². The zero-order chi connectivity index (χ0) is 11.4. The van der Waals surface area contributed by atoms with E-state index in [9.17, 15) is 9.59 Å². The van der Waals surface area contributed by atoms with Crippen LogP contribution < -0.4 is 5.32 Å². The Balaban J connectivity index is 2.65. The first-order valence-corrected chi connectivity index (χ1v) is 4.60. The molecule has 6 nitrogen and oxygen atoms in total. The van der Waals surface area contributed by atoms with Crippen molar-refractivity contribution >= 4 is 11.9 Å². The van der Waals surface area contributed by atoms with E-state index in [1.807, 2.05) is 6.92 Å². The summed E-state index contributed by atoms with van der Waals surface area (Å²) in [5.41, 5.74) is 0.366. The Hall–Kier alpha value is -1.85. The maximum atomic E-state index is 11.5. The summed E-state index contributed by atoms with van der Waals surface area (Å²) in [4.78, 5) is 22.0. The standard InChI is InChI=1S/C9H13N3O3/c1-3-12-5-7(4-10-12)8(13)11-6(2)9(14)15/h4-6H,3H2,1-2H3,(H,11,13)(H,14,15). The summed E-state index contributed by atoms with van der Waals surface area (Å²) in [5.74, 6) is -1.49. The van der Waals surface area contributed by atoms with Crippen LogP contribution in [0.3, 0.4) is 0 Å². The fraction of sp³-hybridized carbons (Fsp3) is 0.444. The average Bonchev–Trinajstić information content (AvgIpc) is 2.65. The van der Waals surface area contributed by atoms with Crippen LogP contribution in [0.2, 0.25) is 0 Å². The molecule has 0 aliphatic carbocycles. The molecular formula is C9H13N3O3. The minimum Gasteiger partial charge on any atom is -0.480 e. The number of nitrogens with one attached hydrogen (secondary N) is 1. The second kappa shape index (κ2) is 4.59. The van der Waals surface area contributed by atoms with Crippen LogP contribution in [0.1, 0.15) is 24.2 Å². The van der Waals surface area contributed by atoms with Crippen LogP contribution in [0, 0.1) is 0 Å². The average molecular weight is 211 g/mol. The molecule has 2 N–H and O–H groups in total. The van der Waals surface area contributed by atoms with Crippen LogP contribution in [0.5, 0.6) is 0 Å². The highest BCUT2D eigenvalue weighted by atomic mass is 16.4. The highest BCUT2D eigenvalue weighted by Gasteiger charge is 2.16. The SMILES string of the molecule is CCn1cc(C(=O)NC(C)C(=O)O)cn1. The second-order valence-corrected chi connectivity index (χ2v) is 3.12. The number of aromatic nitrogens is 2. The number of carboxylic acids is 1. The number of amides is 1. The summed E-state index contributed by atoms with van der Waals surface area (Å²) in [6.45, 7) is 3.97. The zero-order valence-electron chi connectivity index (χ0n) is 8.60. The van der Waals surface area contributed by atoms with Crippen molar-refractivity contribution in [3.63, 3.8) is 0 Å². The van der Waals surface area contributed by atoms with Gasteiger partial charge in [-0.2, -0.15) is 5.10 Å². The molecule has 1 amide bonds. The second-order valence-electron chi connectivity index (χ2n) is 3.12. The maximum absolute atomic E-state index is 11.5. The lowest BCUT2D eigenvalue weighted by Crippen LogP contribution is -2.38. The number of nitrogens with zero attached hydrogens (tertiary/aromatic N) is 2. The fourth-order valence-electron chi connectivity index (χ4n) is 0.995. The molecule has 1 unspecified atom stereocenters. The molecule has 0 aliphatic heterocycles. The quantitative estimate of drug-likeness (QED) is 0.740. The van der Waals surface area contributed by atoms with E-state index in [0.29, 0.717) is 12.1 Å². The van der Waals surface area contributed by atoms with Gasteiger partial charge in [0.25, 0.3) is 5.91 Å². The molecule has 1 atom stereocenters. The van der Waals surface area contributed by atoms with Gasteiger partial charge in [-0.25, -0.2) is 0 Å². The monoisotopic (exact) mass is 211 g/mol. The molecule has 15 heavy (non-hydrogen) atoms. The van der Waals surface area contributed by atoms with Gasteiger partial charge in [0.2, 0.25) is 0 Å². The molecule has 0 spiro atoms. The van der Waals surface area contributed by atoms with Crippen LogP contribution >= 0.6 is 0 Å². The molecule has 0 radical (unpaired) electrons. The number of aliphatic carboxylic acids is 1. The van der Waals surface area contributed by atoms with Gasteiger partial charge >= 0.3 is 5.97 Å². The highest BCUT2D eigenvalue weighted by Crippen LogP contribution is 1.98. The first-order valence-electron chi connectivity index (χ1n) is 4.60. The van der Waals surface area contributed by atoms with Gasteiger partial charge < -0.3 is 10.4 Å². The Bertz CT molecular complexity index is 372. The maximum Gasteiger partial charge on any atom is 0.325 e. The fourth-order valence-corrected chi connectivity index (χ4v) is 0.995. The predicted molar refractivity (Wildman–Crippen MR) is 52.5 cm³/mol. The van der Waals surface area contributed by atoms with Crippen molar-refractivity contribution in [3.05, 3.63) is 18.0 Å². The number of hydrogen-bond acceptors (Lipinski definition) is 3. The number of rotatable bonds is 4. The number of carbonyl (C=O) groups is 2. The minimum atomic E-state index is -1.06. The van der Waals surface area contributed by atoms with Crippen LogP contribution in [0.15, 0.2) is 12.4 Å². The number of aryl methyl sites for hydroxylation is 1. The molecule has 1 rings (SSSR count). The third-order valence-corrected chi connectivity index (χ3v) is 1.94. The van der Waals surface area contributed by atoms with Crippen LogP contribution in [0.4, 0.5) is 0 Å². The zero-order valence-corrected chi connectivity index (χ0v) is 8.60.